The highest BCUT2D eigenvalue weighted by atomic mass is 19.4. The van der Waals surface area contributed by atoms with Gasteiger partial charge in [0.25, 0.3) is 0 Å². The summed E-state index contributed by atoms with van der Waals surface area (Å²) < 4.78 is 63.4. The Balaban J connectivity index is 1.83. The Hall–Kier alpha value is -3.30. The summed E-state index contributed by atoms with van der Waals surface area (Å²) in [6.45, 7) is 0.142. The Bertz CT molecular complexity index is 1100. The Morgan fingerprint density at radius 1 is 0.909 bits per heavy atom. The van der Waals surface area contributed by atoms with Crippen molar-refractivity contribution in [3.8, 4) is 11.1 Å². The van der Waals surface area contributed by atoms with Crippen LogP contribution in [0, 0.1) is 5.41 Å². The van der Waals surface area contributed by atoms with E-state index in [0.717, 1.165) is 25.0 Å². The molecular formula is C23H21F5N2O3. The van der Waals surface area contributed by atoms with Crippen LogP contribution in [0.4, 0.5) is 22.0 Å². The molecule has 0 saturated heterocycles. The van der Waals surface area contributed by atoms with Gasteiger partial charge in [-0.3, -0.25) is 14.4 Å². The lowest BCUT2D eigenvalue weighted by molar-refractivity contribution is -0.278. The van der Waals surface area contributed by atoms with E-state index < -0.39 is 41.9 Å². The van der Waals surface area contributed by atoms with Crippen LogP contribution in [0.1, 0.15) is 31.0 Å². The molecule has 10 heteroatoms. The molecule has 0 spiro atoms. The summed E-state index contributed by atoms with van der Waals surface area (Å²) in [6, 6.07) is 12.9. The van der Waals surface area contributed by atoms with Gasteiger partial charge in [0.15, 0.2) is 5.78 Å². The van der Waals surface area contributed by atoms with Crippen LogP contribution in [0.5, 0.6) is 0 Å². The summed E-state index contributed by atoms with van der Waals surface area (Å²) in [5.41, 5.74) is 0.718. The number of carbonyl (C=O) groups is 3. The molecule has 5 nitrogen and oxygen atoms in total. The summed E-state index contributed by atoms with van der Waals surface area (Å²) in [5.74, 6) is -7.84. The smallest absolute Gasteiger partial charge is 0.349 e. The molecule has 0 bridgehead atoms. The van der Waals surface area contributed by atoms with Crippen LogP contribution < -0.4 is 10.6 Å². The summed E-state index contributed by atoms with van der Waals surface area (Å²) in [7, 11) is 0. The number of hydrogen-bond donors (Lipinski definition) is 2. The first-order chi connectivity index (χ1) is 15.3. The van der Waals surface area contributed by atoms with Crippen molar-refractivity contribution in [2.75, 3.05) is 6.54 Å². The lowest BCUT2D eigenvalue weighted by atomic mass is 9.89. The van der Waals surface area contributed by atoms with Crippen LogP contribution in [0.15, 0.2) is 48.5 Å². The van der Waals surface area contributed by atoms with E-state index in [4.69, 9.17) is 0 Å². The largest absolute Gasteiger partial charge is 0.455 e. The van der Waals surface area contributed by atoms with Crippen LogP contribution in [-0.2, 0) is 20.8 Å². The molecule has 1 aliphatic carbocycles. The quantitative estimate of drug-likeness (QED) is 0.515. The van der Waals surface area contributed by atoms with E-state index in [1.165, 1.54) is 5.32 Å². The number of rotatable bonds is 5. The van der Waals surface area contributed by atoms with Crippen LogP contribution in [0.3, 0.4) is 0 Å². The van der Waals surface area contributed by atoms with Crippen molar-refractivity contribution in [2.24, 2.45) is 5.41 Å². The fourth-order valence-electron chi connectivity index (χ4n) is 3.48. The van der Waals surface area contributed by atoms with Crippen LogP contribution in [0.25, 0.3) is 11.1 Å². The van der Waals surface area contributed by atoms with Crippen molar-refractivity contribution in [2.45, 2.75) is 38.4 Å². The molecule has 1 atom stereocenters. The predicted octanol–water partition coefficient (Wildman–Crippen LogP) is 3.98. The minimum Gasteiger partial charge on any atom is -0.349 e. The summed E-state index contributed by atoms with van der Waals surface area (Å²) in [4.78, 5) is 38.2. The third-order valence-corrected chi connectivity index (χ3v) is 5.56. The first kappa shape index (κ1) is 24.3. The monoisotopic (exact) mass is 468 g/mol. The molecule has 176 valence electrons. The van der Waals surface area contributed by atoms with Gasteiger partial charge in [0.2, 0.25) is 11.8 Å². The van der Waals surface area contributed by atoms with E-state index in [0.29, 0.717) is 11.1 Å². The maximum atomic E-state index is 13.2. The van der Waals surface area contributed by atoms with Gasteiger partial charge in [0.05, 0.1) is 6.54 Å². The van der Waals surface area contributed by atoms with E-state index in [1.54, 1.807) is 36.4 Å². The second-order valence-electron chi connectivity index (χ2n) is 8.30. The number of amides is 2. The van der Waals surface area contributed by atoms with Crippen LogP contribution in [0.2, 0.25) is 0 Å². The number of hydrogen-bond acceptors (Lipinski definition) is 3. The van der Waals surface area contributed by atoms with Gasteiger partial charge in [-0.25, -0.2) is 0 Å². The van der Waals surface area contributed by atoms with E-state index in [-0.39, 0.29) is 12.2 Å². The second kappa shape index (κ2) is 8.57. The molecular weight excluding hydrogens is 447 g/mol. The topological polar surface area (TPSA) is 75.3 Å². The molecule has 2 amide bonds. The zero-order valence-electron chi connectivity index (χ0n) is 17.7. The van der Waals surface area contributed by atoms with Crippen molar-refractivity contribution < 1.29 is 36.3 Å². The Kier molecular flexibility index (Phi) is 6.32. The molecule has 2 aromatic rings. The number of ketones is 1. The average Bonchev–Trinajstić information content (AvgIpc) is 2.86. The van der Waals surface area contributed by atoms with Crippen molar-refractivity contribution in [1.29, 1.82) is 0 Å². The molecule has 3 rings (SSSR count). The first-order valence-electron chi connectivity index (χ1n) is 9.99. The molecule has 33 heavy (non-hydrogen) atoms. The highest BCUT2D eigenvalue weighted by Crippen LogP contribution is 2.37. The van der Waals surface area contributed by atoms with Gasteiger partial charge in [-0.15, -0.1) is 0 Å². The zero-order valence-corrected chi connectivity index (χ0v) is 17.7. The molecule has 0 heterocycles. The number of carbonyl (C=O) groups excluding carboxylic acids is 3. The fraction of sp³-hybridized carbons (Fsp3) is 0.348. The molecule has 0 radical (unpaired) electrons. The maximum Gasteiger partial charge on any atom is 0.455 e. The lowest BCUT2D eigenvalue weighted by Gasteiger charge is -2.27. The third kappa shape index (κ3) is 4.74. The minimum absolute atomic E-state index is 0.000228. The van der Waals surface area contributed by atoms with E-state index in [9.17, 15) is 36.3 Å². The molecule has 1 aliphatic rings. The molecule has 2 aromatic carbocycles. The van der Waals surface area contributed by atoms with Gasteiger partial charge in [0, 0.05) is 6.42 Å². The predicted molar refractivity (Wildman–Crippen MR) is 109 cm³/mol. The van der Waals surface area contributed by atoms with Crippen molar-refractivity contribution >= 4 is 17.6 Å². The summed E-state index contributed by atoms with van der Waals surface area (Å²) in [6.07, 6.45) is -5.85. The van der Waals surface area contributed by atoms with Gasteiger partial charge in [-0.2, -0.15) is 22.0 Å². The van der Waals surface area contributed by atoms with E-state index >= 15 is 0 Å². The number of benzene rings is 2. The SMILES string of the molecule is CC(C)(C(=O)NCC(F)(F)C(F)(F)F)C(=O)N[C@@H]1C(=O)Cc2ccccc2-c2ccccc21. The second-order valence-corrected chi connectivity index (χ2v) is 8.30. The number of fused-ring (bicyclic) bond motifs is 3. The zero-order chi connectivity index (χ0) is 24.6. The van der Waals surface area contributed by atoms with Gasteiger partial charge < -0.3 is 10.6 Å². The van der Waals surface area contributed by atoms with Crippen molar-refractivity contribution in [1.82, 2.24) is 10.6 Å². The van der Waals surface area contributed by atoms with E-state index in [1.807, 2.05) is 12.1 Å². The number of Topliss-reactive ketones (excluding diaryl/α,β-unsaturated/α-hetero) is 1. The standard InChI is InChI=1S/C23H21F5N2O3/c1-21(2,19(32)29-12-22(24,25)23(26,27)28)20(33)30-18-16-10-6-5-9-15(16)14-8-4-3-7-13(14)11-17(18)31/h3-10,18H,11-12H2,1-2H3,(H,29,32)(H,30,33)/t18-/m0/s1. The van der Waals surface area contributed by atoms with E-state index in [2.05, 4.69) is 5.32 Å². The highest BCUT2D eigenvalue weighted by molar-refractivity contribution is 6.06. The number of halogens is 5. The Morgan fingerprint density at radius 3 is 2.12 bits per heavy atom. The molecule has 0 aliphatic heterocycles. The molecule has 0 saturated carbocycles. The van der Waals surface area contributed by atoms with Crippen LogP contribution >= 0.6 is 0 Å². The van der Waals surface area contributed by atoms with Gasteiger partial charge in [-0.1, -0.05) is 48.5 Å². The average molecular weight is 468 g/mol. The summed E-state index contributed by atoms with van der Waals surface area (Å²) in [5, 5.41) is 3.98. The Labute approximate surface area is 186 Å². The molecule has 0 aromatic heterocycles. The molecule has 0 unspecified atom stereocenters. The maximum absolute atomic E-state index is 13.2. The molecule has 2 N–H and O–H groups in total. The third-order valence-electron chi connectivity index (χ3n) is 5.56. The first-order valence-corrected chi connectivity index (χ1v) is 9.99. The van der Waals surface area contributed by atoms with Crippen LogP contribution in [-0.4, -0.2) is 36.2 Å². The number of alkyl halides is 5. The Morgan fingerprint density at radius 2 is 1.48 bits per heavy atom. The van der Waals surface area contributed by atoms with Crippen molar-refractivity contribution in [3.05, 3.63) is 59.7 Å². The lowest BCUT2D eigenvalue weighted by Crippen LogP contribution is -2.53. The van der Waals surface area contributed by atoms with Gasteiger partial charge >= 0.3 is 12.1 Å². The van der Waals surface area contributed by atoms with Gasteiger partial charge in [-0.05, 0) is 36.1 Å². The fourth-order valence-corrected chi connectivity index (χ4v) is 3.48. The normalized spacial score (nSPS) is 16.3. The highest BCUT2D eigenvalue weighted by Gasteiger charge is 2.57. The number of nitrogens with one attached hydrogen (secondary N) is 2. The van der Waals surface area contributed by atoms with Crippen molar-refractivity contribution in [3.63, 3.8) is 0 Å². The minimum atomic E-state index is -5.85. The molecule has 0 fully saturated rings. The van der Waals surface area contributed by atoms with Gasteiger partial charge in [0.1, 0.15) is 11.5 Å². The summed E-state index contributed by atoms with van der Waals surface area (Å²) >= 11 is 0.